The van der Waals surface area contributed by atoms with Gasteiger partial charge in [0.2, 0.25) is 0 Å². The Morgan fingerprint density at radius 2 is 2.20 bits per heavy atom. The zero-order chi connectivity index (χ0) is 14.7. The summed E-state index contributed by atoms with van der Waals surface area (Å²) in [6.45, 7) is 4.08. The lowest BCUT2D eigenvalue weighted by Gasteiger charge is -2.19. The summed E-state index contributed by atoms with van der Waals surface area (Å²) in [6.07, 6.45) is 5.56. The summed E-state index contributed by atoms with van der Waals surface area (Å²) in [5.74, 6) is 0. The van der Waals surface area contributed by atoms with E-state index in [0.29, 0.717) is 0 Å². The standard InChI is InChI=1S/C15H21ClN4/c1-5-11-9-18-7-6-12(11)13(17-3)8-14-15(16)10(2)19-20(14)4/h6-7,9,13,17H,5,8H2,1-4H3. The highest BCUT2D eigenvalue weighted by Gasteiger charge is 2.19. The molecule has 0 aliphatic heterocycles. The molecule has 108 valence electrons. The number of halogens is 1. The molecule has 0 aliphatic rings. The van der Waals surface area contributed by atoms with Crippen molar-refractivity contribution in [3.63, 3.8) is 0 Å². The Kier molecular flexibility index (Phi) is 4.78. The minimum absolute atomic E-state index is 0.209. The van der Waals surface area contributed by atoms with Crippen LogP contribution in [-0.2, 0) is 19.9 Å². The molecule has 4 nitrogen and oxygen atoms in total. The first-order valence-corrected chi connectivity index (χ1v) is 7.24. The van der Waals surface area contributed by atoms with Crippen molar-refractivity contribution in [3.05, 3.63) is 46.0 Å². The Bertz CT molecular complexity index is 592. The predicted molar refractivity (Wildman–Crippen MR) is 82.1 cm³/mol. The van der Waals surface area contributed by atoms with Crippen LogP contribution in [-0.4, -0.2) is 21.8 Å². The van der Waals surface area contributed by atoms with Crippen molar-refractivity contribution in [2.75, 3.05) is 7.05 Å². The van der Waals surface area contributed by atoms with Crippen LogP contribution in [0.3, 0.4) is 0 Å². The number of nitrogens with zero attached hydrogens (tertiary/aromatic N) is 3. The molecule has 0 aromatic carbocycles. The summed E-state index contributed by atoms with van der Waals surface area (Å²) in [4.78, 5) is 4.21. The van der Waals surface area contributed by atoms with E-state index < -0.39 is 0 Å². The highest BCUT2D eigenvalue weighted by molar-refractivity contribution is 6.31. The second-order valence-electron chi connectivity index (χ2n) is 4.94. The van der Waals surface area contributed by atoms with Gasteiger partial charge in [-0.05, 0) is 37.6 Å². The van der Waals surface area contributed by atoms with Crippen molar-refractivity contribution in [1.82, 2.24) is 20.1 Å². The minimum atomic E-state index is 0.209. The molecular weight excluding hydrogens is 272 g/mol. The summed E-state index contributed by atoms with van der Waals surface area (Å²) in [5.41, 5.74) is 4.48. The van der Waals surface area contributed by atoms with Gasteiger partial charge in [0.25, 0.3) is 0 Å². The number of likely N-dealkylation sites (N-methyl/N-ethyl adjacent to an activating group) is 1. The molecule has 2 rings (SSSR count). The van der Waals surface area contributed by atoms with Gasteiger partial charge in [0.15, 0.2) is 0 Å². The van der Waals surface area contributed by atoms with Crippen LogP contribution in [0.25, 0.3) is 0 Å². The fourth-order valence-electron chi connectivity index (χ4n) is 2.54. The fraction of sp³-hybridized carbons (Fsp3) is 0.467. The average Bonchev–Trinajstić information content (AvgIpc) is 2.70. The van der Waals surface area contributed by atoms with Crippen molar-refractivity contribution in [2.24, 2.45) is 7.05 Å². The summed E-state index contributed by atoms with van der Waals surface area (Å²) >= 11 is 6.35. The number of nitrogens with one attached hydrogen (secondary N) is 1. The monoisotopic (exact) mass is 292 g/mol. The van der Waals surface area contributed by atoms with Gasteiger partial charge in [0, 0.05) is 31.9 Å². The van der Waals surface area contributed by atoms with Crippen molar-refractivity contribution in [2.45, 2.75) is 32.7 Å². The molecule has 2 aromatic rings. The molecule has 1 atom stereocenters. The van der Waals surface area contributed by atoms with Crippen molar-refractivity contribution in [3.8, 4) is 0 Å². The van der Waals surface area contributed by atoms with E-state index in [9.17, 15) is 0 Å². The number of hydrogen-bond acceptors (Lipinski definition) is 3. The molecule has 20 heavy (non-hydrogen) atoms. The molecule has 0 saturated heterocycles. The molecule has 0 saturated carbocycles. The maximum absolute atomic E-state index is 6.35. The molecule has 2 aromatic heterocycles. The van der Waals surface area contributed by atoms with Crippen LogP contribution in [0.4, 0.5) is 0 Å². The first kappa shape index (κ1) is 15.0. The molecular formula is C15H21ClN4. The molecule has 0 amide bonds. The lowest BCUT2D eigenvalue weighted by molar-refractivity contribution is 0.557. The van der Waals surface area contributed by atoms with Crippen LogP contribution in [0.15, 0.2) is 18.5 Å². The van der Waals surface area contributed by atoms with Gasteiger partial charge in [-0.3, -0.25) is 9.67 Å². The molecule has 0 radical (unpaired) electrons. The smallest absolute Gasteiger partial charge is 0.0847 e. The number of hydrogen-bond donors (Lipinski definition) is 1. The third kappa shape index (κ3) is 2.86. The lowest BCUT2D eigenvalue weighted by Crippen LogP contribution is -2.21. The molecule has 1 unspecified atom stereocenters. The highest BCUT2D eigenvalue weighted by atomic mass is 35.5. The molecule has 0 fully saturated rings. The summed E-state index contributed by atoms with van der Waals surface area (Å²) in [5, 5.41) is 8.52. The maximum Gasteiger partial charge on any atom is 0.0847 e. The Morgan fingerprint density at radius 1 is 1.45 bits per heavy atom. The van der Waals surface area contributed by atoms with E-state index >= 15 is 0 Å². The summed E-state index contributed by atoms with van der Waals surface area (Å²) in [6, 6.07) is 2.29. The van der Waals surface area contributed by atoms with Gasteiger partial charge in [-0.25, -0.2) is 0 Å². The van der Waals surface area contributed by atoms with E-state index in [1.807, 2.05) is 38.1 Å². The fourth-order valence-corrected chi connectivity index (χ4v) is 2.77. The van der Waals surface area contributed by atoms with Crippen LogP contribution in [0.2, 0.25) is 5.02 Å². The lowest BCUT2D eigenvalue weighted by atomic mass is 9.97. The molecule has 0 aliphatic carbocycles. The summed E-state index contributed by atoms with van der Waals surface area (Å²) < 4.78 is 1.87. The van der Waals surface area contributed by atoms with Gasteiger partial charge in [0.1, 0.15) is 0 Å². The zero-order valence-electron chi connectivity index (χ0n) is 12.4. The Morgan fingerprint density at radius 3 is 2.75 bits per heavy atom. The van der Waals surface area contributed by atoms with Gasteiger partial charge in [-0.15, -0.1) is 0 Å². The molecule has 0 bridgehead atoms. The number of aromatic nitrogens is 3. The van der Waals surface area contributed by atoms with Crippen molar-refractivity contribution < 1.29 is 0 Å². The van der Waals surface area contributed by atoms with Gasteiger partial charge < -0.3 is 5.32 Å². The van der Waals surface area contributed by atoms with Gasteiger partial charge in [0.05, 0.1) is 16.4 Å². The van der Waals surface area contributed by atoms with Crippen LogP contribution in [0.5, 0.6) is 0 Å². The largest absolute Gasteiger partial charge is 0.313 e. The Balaban J connectivity index is 2.34. The second kappa shape index (κ2) is 6.37. The number of rotatable bonds is 5. The Labute approximate surface area is 125 Å². The second-order valence-corrected chi connectivity index (χ2v) is 5.32. The molecule has 5 heteroatoms. The molecule has 0 spiro atoms. The van der Waals surface area contributed by atoms with Crippen LogP contribution in [0.1, 0.15) is 35.5 Å². The highest BCUT2D eigenvalue weighted by Crippen LogP contribution is 2.26. The van der Waals surface area contributed by atoms with E-state index in [1.165, 1.54) is 11.1 Å². The molecule has 2 heterocycles. The van der Waals surface area contributed by atoms with E-state index in [1.54, 1.807) is 0 Å². The van der Waals surface area contributed by atoms with Crippen LogP contribution in [0, 0.1) is 6.92 Å². The first-order valence-electron chi connectivity index (χ1n) is 6.86. The number of aryl methyl sites for hydroxylation is 3. The Hall–Kier alpha value is -1.39. The van der Waals surface area contributed by atoms with Crippen LogP contribution >= 0.6 is 11.6 Å². The van der Waals surface area contributed by atoms with Crippen molar-refractivity contribution in [1.29, 1.82) is 0 Å². The number of pyridine rings is 1. The van der Waals surface area contributed by atoms with E-state index in [2.05, 4.69) is 28.4 Å². The third-order valence-corrected chi connectivity index (χ3v) is 4.20. The topological polar surface area (TPSA) is 42.7 Å². The van der Waals surface area contributed by atoms with Gasteiger partial charge >= 0.3 is 0 Å². The van der Waals surface area contributed by atoms with Crippen LogP contribution < -0.4 is 5.32 Å². The predicted octanol–water partition coefficient (Wildman–Crippen LogP) is 2.84. The van der Waals surface area contributed by atoms with E-state index in [0.717, 1.165) is 29.3 Å². The quantitative estimate of drug-likeness (QED) is 0.921. The van der Waals surface area contributed by atoms with E-state index in [-0.39, 0.29) is 6.04 Å². The van der Waals surface area contributed by atoms with Gasteiger partial charge in [-0.2, -0.15) is 5.10 Å². The minimum Gasteiger partial charge on any atom is -0.313 e. The van der Waals surface area contributed by atoms with Crippen molar-refractivity contribution >= 4 is 11.6 Å². The third-order valence-electron chi connectivity index (χ3n) is 3.71. The average molecular weight is 293 g/mol. The zero-order valence-corrected chi connectivity index (χ0v) is 13.2. The first-order chi connectivity index (χ1) is 9.58. The SMILES string of the molecule is CCc1cnccc1C(Cc1c(Cl)c(C)nn1C)NC. The van der Waals surface area contributed by atoms with E-state index in [4.69, 9.17) is 11.6 Å². The normalized spacial score (nSPS) is 12.7. The summed E-state index contributed by atoms with van der Waals surface area (Å²) in [7, 11) is 3.91. The molecule has 1 N–H and O–H groups in total. The maximum atomic E-state index is 6.35. The van der Waals surface area contributed by atoms with Gasteiger partial charge in [-0.1, -0.05) is 18.5 Å².